The second-order valence-corrected chi connectivity index (χ2v) is 12.6. The smallest absolute Gasteiger partial charge is 0.286 e. The van der Waals surface area contributed by atoms with E-state index in [9.17, 15) is 23.1 Å². The lowest BCUT2D eigenvalue weighted by molar-refractivity contribution is -0.147. The van der Waals surface area contributed by atoms with Crippen molar-refractivity contribution in [2.24, 2.45) is 0 Å². The first kappa shape index (κ1) is 30.7. The Kier molecular flexibility index (Phi) is 9.50. The van der Waals surface area contributed by atoms with E-state index in [-0.39, 0.29) is 60.7 Å². The van der Waals surface area contributed by atoms with Crippen LogP contribution in [-0.4, -0.2) is 80.0 Å². The molecule has 1 fully saturated rings. The Morgan fingerprint density at radius 3 is 2.51 bits per heavy atom. The second kappa shape index (κ2) is 13.3. The van der Waals surface area contributed by atoms with Gasteiger partial charge in [0, 0.05) is 50.0 Å². The number of fused-ring (bicyclic) bond motifs is 1. The lowest BCUT2D eigenvalue weighted by Gasteiger charge is -2.32. The number of benzene rings is 2. The minimum Gasteiger partial charge on any atom is -0.497 e. The van der Waals surface area contributed by atoms with Crippen LogP contribution in [0.3, 0.4) is 0 Å². The predicted octanol–water partition coefficient (Wildman–Crippen LogP) is 3.39. The van der Waals surface area contributed by atoms with Crippen LogP contribution in [0, 0.1) is 0 Å². The molecule has 1 aliphatic carbocycles. The Bertz CT molecular complexity index is 1590. The van der Waals surface area contributed by atoms with E-state index in [1.807, 2.05) is 24.3 Å². The van der Waals surface area contributed by atoms with E-state index >= 15 is 0 Å². The van der Waals surface area contributed by atoms with Crippen molar-refractivity contribution in [1.29, 1.82) is 0 Å². The maximum Gasteiger partial charge on any atom is 0.286 e. The van der Waals surface area contributed by atoms with Crippen molar-refractivity contribution >= 4 is 32.7 Å². The molecule has 0 spiro atoms. The van der Waals surface area contributed by atoms with Gasteiger partial charge in [-0.2, -0.15) is 4.31 Å². The van der Waals surface area contributed by atoms with E-state index in [1.165, 1.54) is 26.2 Å². The summed E-state index contributed by atoms with van der Waals surface area (Å²) >= 11 is 0. The Hall–Kier alpha value is -3.71. The summed E-state index contributed by atoms with van der Waals surface area (Å²) in [5.41, 5.74) is 1.63. The molecule has 2 heterocycles. The second-order valence-electron chi connectivity index (χ2n) is 10.7. The van der Waals surface area contributed by atoms with Gasteiger partial charge in [0.25, 0.3) is 5.91 Å². The molecule has 0 unspecified atom stereocenters. The highest BCUT2D eigenvalue weighted by Crippen LogP contribution is 2.36. The Balaban J connectivity index is 1.35. The van der Waals surface area contributed by atoms with Gasteiger partial charge >= 0.3 is 0 Å². The topological polar surface area (TPSA) is 136 Å². The zero-order chi connectivity index (χ0) is 30.6. The van der Waals surface area contributed by atoms with Crippen molar-refractivity contribution in [3.05, 3.63) is 72.1 Å². The van der Waals surface area contributed by atoms with Crippen LogP contribution in [0.4, 0.5) is 0 Å². The van der Waals surface area contributed by atoms with Crippen molar-refractivity contribution < 1.29 is 37.3 Å². The number of aliphatic hydroxyl groups is 1. The monoisotopic (exact) mass is 611 g/mol. The maximum absolute atomic E-state index is 13.3. The summed E-state index contributed by atoms with van der Waals surface area (Å²) in [6.07, 6.45) is 5.95. The van der Waals surface area contributed by atoms with E-state index in [1.54, 1.807) is 29.0 Å². The standard InChI is InChI=1S/C31H37N3O8S/c1-21(36)34-20-27(26-8-3-4-9-28(26)34)22-18-29(31(37)32-23-6-5-7-23)42-30(19-22)41-17-15-33(14-16-35)43(38,39)25-12-10-24(40-2)11-13-25/h3-4,8-13,18,20,22-23,30,35H,5-7,14-17,19H2,1-2H3,(H,32,37)/t22-,30+/m1/s1. The van der Waals surface area contributed by atoms with Crippen LogP contribution in [0.25, 0.3) is 10.9 Å². The summed E-state index contributed by atoms with van der Waals surface area (Å²) in [5.74, 6) is -0.107. The SMILES string of the molecule is COc1ccc(S(=O)(=O)N(CCO)CCO[C@@H]2C[C@H](c3cn(C(C)=O)c4ccccc34)C=C(C(=O)NC3CCC3)O2)cc1. The van der Waals surface area contributed by atoms with Crippen molar-refractivity contribution in [1.82, 2.24) is 14.2 Å². The number of ether oxygens (including phenoxy) is 3. The normalized spacial score (nSPS) is 19.0. The molecule has 12 heteroatoms. The molecular weight excluding hydrogens is 574 g/mol. The fourth-order valence-electron chi connectivity index (χ4n) is 5.35. The number of para-hydroxylation sites is 1. The first-order valence-electron chi connectivity index (χ1n) is 14.4. The van der Waals surface area contributed by atoms with E-state index in [0.29, 0.717) is 12.2 Å². The van der Waals surface area contributed by atoms with Crippen LogP contribution in [0.1, 0.15) is 48.9 Å². The number of nitrogens with zero attached hydrogens (tertiary/aromatic N) is 2. The minimum absolute atomic E-state index is 0.0422. The zero-order valence-corrected chi connectivity index (χ0v) is 25.1. The summed E-state index contributed by atoms with van der Waals surface area (Å²) < 4.78 is 46.5. The van der Waals surface area contributed by atoms with Crippen molar-refractivity contribution in [3.63, 3.8) is 0 Å². The third-order valence-electron chi connectivity index (χ3n) is 7.89. The van der Waals surface area contributed by atoms with Gasteiger partial charge in [-0.1, -0.05) is 18.2 Å². The molecule has 2 aromatic carbocycles. The lowest BCUT2D eigenvalue weighted by Crippen LogP contribution is -2.42. The number of hydrogen-bond acceptors (Lipinski definition) is 8. The molecule has 11 nitrogen and oxygen atoms in total. The molecule has 0 bridgehead atoms. The number of aliphatic hydroxyl groups excluding tert-OH is 1. The first-order valence-corrected chi connectivity index (χ1v) is 15.8. The van der Waals surface area contributed by atoms with Crippen LogP contribution < -0.4 is 10.1 Å². The van der Waals surface area contributed by atoms with Gasteiger partial charge in [0.15, 0.2) is 5.76 Å². The molecular formula is C31H37N3O8S. The average molecular weight is 612 g/mol. The molecule has 2 aliphatic rings. The molecule has 5 rings (SSSR count). The zero-order valence-electron chi connectivity index (χ0n) is 24.3. The number of carbonyl (C=O) groups is 2. The fraction of sp³-hybridized carbons (Fsp3) is 0.419. The van der Waals surface area contributed by atoms with Crippen LogP contribution >= 0.6 is 0 Å². The summed E-state index contributed by atoms with van der Waals surface area (Å²) in [7, 11) is -2.43. The van der Waals surface area contributed by atoms with E-state index in [0.717, 1.165) is 40.0 Å². The summed E-state index contributed by atoms with van der Waals surface area (Å²) in [4.78, 5) is 25.6. The molecule has 230 valence electrons. The molecule has 3 aromatic rings. The van der Waals surface area contributed by atoms with E-state index in [2.05, 4.69) is 5.32 Å². The number of sulfonamides is 1. The number of nitrogens with one attached hydrogen (secondary N) is 1. The number of hydrogen-bond donors (Lipinski definition) is 2. The number of methoxy groups -OCH3 is 1. The highest BCUT2D eigenvalue weighted by Gasteiger charge is 2.33. The third-order valence-corrected chi connectivity index (χ3v) is 9.81. The molecule has 1 saturated carbocycles. The number of carbonyl (C=O) groups excluding carboxylic acids is 2. The Labute approximate surface area is 251 Å². The summed E-state index contributed by atoms with van der Waals surface area (Å²) in [6.45, 7) is 0.921. The van der Waals surface area contributed by atoms with Crippen LogP contribution in [0.15, 0.2) is 71.5 Å². The third kappa shape index (κ3) is 6.77. The predicted molar refractivity (Wildman–Crippen MR) is 159 cm³/mol. The number of allylic oxidation sites excluding steroid dienone is 1. The maximum atomic E-state index is 13.3. The molecule has 2 atom stereocenters. The van der Waals surface area contributed by atoms with Crippen molar-refractivity contribution in [2.75, 3.05) is 33.4 Å². The summed E-state index contributed by atoms with van der Waals surface area (Å²) in [6, 6.07) is 13.7. The van der Waals surface area contributed by atoms with Crippen LogP contribution in [-0.2, 0) is 24.3 Å². The minimum atomic E-state index is -3.92. The highest BCUT2D eigenvalue weighted by atomic mass is 32.2. The Morgan fingerprint density at radius 1 is 1.12 bits per heavy atom. The molecule has 0 saturated heterocycles. The lowest BCUT2D eigenvalue weighted by atomic mass is 9.91. The molecule has 1 amide bonds. The molecule has 0 radical (unpaired) electrons. The van der Waals surface area contributed by atoms with Crippen molar-refractivity contribution in [3.8, 4) is 5.75 Å². The van der Waals surface area contributed by atoms with Crippen LogP contribution in [0.5, 0.6) is 5.75 Å². The van der Waals surface area contributed by atoms with E-state index in [4.69, 9.17) is 14.2 Å². The molecule has 1 aromatic heterocycles. The fourth-order valence-corrected chi connectivity index (χ4v) is 6.77. The molecule has 2 N–H and O–H groups in total. The van der Waals surface area contributed by atoms with Crippen molar-refractivity contribution in [2.45, 2.75) is 55.8 Å². The largest absolute Gasteiger partial charge is 0.497 e. The van der Waals surface area contributed by atoms with Gasteiger partial charge in [0.1, 0.15) is 5.75 Å². The highest BCUT2D eigenvalue weighted by molar-refractivity contribution is 7.89. The van der Waals surface area contributed by atoms with Gasteiger partial charge < -0.3 is 24.6 Å². The molecule has 43 heavy (non-hydrogen) atoms. The number of rotatable bonds is 12. The molecule has 1 aliphatic heterocycles. The first-order chi connectivity index (χ1) is 20.7. The van der Waals surface area contributed by atoms with Gasteiger partial charge in [0.05, 0.1) is 30.7 Å². The number of amides is 1. The van der Waals surface area contributed by atoms with Gasteiger partial charge in [0.2, 0.25) is 22.2 Å². The van der Waals surface area contributed by atoms with Crippen LogP contribution in [0.2, 0.25) is 0 Å². The number of aromatic nitrogens is 1. The van der Waals surface area contributed by atoms with Gasteiger partial charge in [-0.3, -0.25) is 14.2 Å². The average Bonchev–Trinajstić information content (AvgIpc) is 3.38. The van der Waals surface area contributed by atoms with Gasteiger partial charge in [-0.15, -0.1) is 0 Å². The Morgan fingerprint density at radius 2 is 1.86 bits per heavy atom. The quantitative estimate of drug-likeness (QED) is 0.318. The van der Waals surface area contributed by atoms with Gasteiger partial charge in [-0.25, -0.2) is 8.42 Å². The van der Waals surface area contributed by atoms with Gasteiger partial charge in [-0.05, 0) is 61.2 Å². The summed E-state index contributed by atoms with van der Waals surface area (Å²) in [5, 5.41) is 13.5. The van der Waals surface area contributed by atoms with E-state index < -0.39 is 16.3 Å².